The molecule has 0 bridgehead atoms. The Balaban J connectivity index is 2.23. The molecule has 0 radical (unpaired) electrons. The number of likely N-dealkylation sites (N-methyl/N-ethyl adjacent to an activating group) is 1. The van der Waals surface area contributed by atoms with Crippen molar-refractivity contribution in [2.24, 2.45) is 0 Å². The van der Waals surface area contributed by atoms with Gasteiger partial charge in [-0.05, 0) is 32.0 Å². The summed E-state index contributed by atoms with van der Waals surface area (Å²) in [5.41, 5.74) is 3.20. The van der Waals surface area contributed by atoms with Crippen molar-refractivity contribution in [3.8, 4) is 5.69 Å². The number of nitrogens with zero attached hydrogens (tertiary/aromatic N) is 2. The summed E-state index contributed by atoms with van der Waals surface area (Å²) < 4.78 is 7.08. The molecule has 116 valence electrons. The van der Waals surface area contributed by atoms with Crippen molar-refractivity contribution in [3.63, 3.8) is 0 Å². The molecule has 0 aliphatic carbocycles. The zero-order chi connectivity index (χ0) is 16.3. The highest BCUT2D eigenvalue weighted by Crippen LogP contribution is 2.21. The molecule has 2 aromatic rings. The molecule has 1 aromatic carbocycles. The van der Waals surface area contributed by atoms with E-state index in [4.69, 9.17) is 4.74 Å². The number of para-hydroxylation sites is 1. The Hall–Kier alpha value is -2.56. The molecule has 1 aromatic heterocycles. The maximum absolute atomic E-state index is 12.2. The lowest BCUT2D eigenvalue weighted by Crippen LogP contribution is -2.27. The SMILES string of the molecule is Cc1cc(C(=O)OCC(=O)N(C)C)c(C)n1-c1ccccc1. The van der Waals surface area contributed by atoms with E-state index in [1.54, 1.807) is 20.2 Å². The van der Waals surface area contributed by atoms with Crippen LogP contribution in [0.4, 0.5) is 0 Å². The lowest BCUT2D eigenvalue weighted by molar-refractivity contribution is -0.131. The van der Waals surface area contributed by atoms with Crippen LogP contribution in [0.25, 0.3) is 5.69 Å². The number of ether oxygens (including phenoxy) is 1. The summed E-state index contributed by atoms with van der Waals surface area (Å²) in [6, 6.07) is 11.6. The molecule has 5 nitrogen and oxygen atoms in total. The minimum atomic E-state index is -0.481. The largest absolute Gasteiger partial charge is 0.452 e. The van der Waals surface area contributed by atoms with Crippen molar-refractivity contribution in [1.29, 1.82) is 0 Å². The number of benzene rings is 1. The van der Waals surface area contributed by atoms with Gasteiger partial charge in [-0.15, -0.1) is 0 Å². The fourth-order valence-electron chi connectivity index (χ4n) is 2.28. The summed E-state index contributed by atoms with van der Waals surface area (Å²) in [5, 5.41) is 0. The first-order valence-corrected chi connectivity index (χ1v) is 7.03. The Kier molecular flexibility index (Phi) is 4.65. The van der Waals surface area contributed by atoms with E-state index in [9.17, 15) is 9.59 Å². The summed E-state index contributed by atoms with van der Waals surface area (Å²) in [4.78, 5) is 25.1. The number of hydrogen-bond acceptors (Lipinski definition) is 3. The minimum absolute atomic E-state index is 0.245. The first-order valence-electron chi connectivity index (χ1n) is 7.03. The van der Waals surface area contributed by atoms with Gasteiger partial charge in [0.2, 0.25) is 0 Å². The highest BCUT2D eigenvalue weighted by Gasteiger charge is 2.19. The van der Waals surface area contributed by atoms with E-state index in [1.807, 2.05) is 48.7 Å². The standard InChI is InChI=1S/C17H20N2O3/c1-12-10-15(17(21)22-11-16(20)18(3)4)13(2)19(12)14-8-6-5-7-9-14/h5-10H,11H2,1-4H3. The molecule has 5 heteroatoms. The number of aromatic nitrogens is 1. The topological polar surface area (TPSA) is 51.5 Å². The molecular formula is C17H20N2O3. The quantitative estimate of drug-likeness (QED) is 0.814. The lowest BCUT2D eigenvalue weighted by Gasteiger charge is -2.11. The molecule has 0 saturated heterocycles. The molecule has 0 spiro atoms. The van der Waals surface area contributed by atoms with Crippen LogP contribution in [0, 0.1) is 13.8 Å². The second-order valence-electron chi connectivity index (χ2n) is 5.32. The minimum Gasteiger partial charge on any atom is -0.452 e. The molecular weight excluding hydrogens is 280 g/mol. The van der Waals surface area contributed by atoms with E-state index in [0.717, 1.165) is 17.1 Å². The highest BCUT2D eigenvalue weighted by atomic mass is 16.5. The average Bonchev–Trinajstić information content (AvgIpc) is 2.80. The predicted molar refractivity (Wildman–Crippen MR) is 84.2 cm³/mol. The van der Waals surface area contributed by atoms with E-state index in [2.05, 4.69) is 0 Å². The molecule has 1 heterocycles. The molecule has 0 N–H and O–H groups in total. The van der Waals surface area contributed by atoms with Gasteiger partial charge in [-0.25, -0.2) is 4.79 Å². The Bertz CT molecular complexity index is 687. The van der Waals surface area contributed by atoms with Crippen LogP contribution < -0.4 is 0 Å². The summed E-state index contributed by atoms with van der Waals surface area (Å²) in [6.07, 6.45) is 0. The average molecular weight is 300 g/mol. The summed E-state index contributed by atoms with van der Waals surface area (Å²) >= 11 is 0. The third kappa shape index (κ3) is 3.19. The lowest BCUT2D eigenvalue weighted by atomic mass is 10.2. The second kappa shape index (κ2) is 6.47. The van der Waals surface area contributed by atoms with Crippen LogP contribution in [0.1, 0.15) is 21.7 Å². The fourth-order valence-corrected chi connectivity index (χ4v) is 2.28. The number of rotatable bonds is 4. The van der Waals surface area contributed by atoms with Crippen molar-refractivity contribution in [2.45, 2.75) is 13.8 Å². The Morgan fingerprint density at radius 1 is 1.14 bits per heavy atom. The van der Waals surface area contributed by atoms with E-state index < -0.39 is 5.97 Å². The van der Waals surface area contributed by atoms with Crippen molar-refractivity contribution >= 4 is 11.9 Å². The van der Waals surface area contributed by atoms with Gasteiger partial charge < -0.3 is 14.2 Å². The van der Waals surface area contributed by atoms with Crippen molar-refractivity contribution < 1.29 is 14.3 Å². The van der Waals surface area contributed by atoms with Gasteiger partial charge in [-0.2, -0.15) is 0 Å². The van der Waals surface area contributed by atoms with Gasteiger partial charge in [0.05, 0.1) is 5.56 Å². The van der Waals surface area contributed by atoms with Gasteiger partial charge in [0, 0.05) is 31.2 Å². The number of amides is 1. The van der Waals surface area contributed by atoms with Crippen LogP contribution in [-0.4, -0.2) is 42.0 Å². The van der Waals surface area contributed by atoms with Crippen LogP contribution in [0.15, 0.2) is 36.4 Å². The molecule has 0 fully saturated rings. The van der Waals surface area contributed by atoms with Crippen LogP contribution in [0.2, 0.25) is 0 Å². The number of esters is 1. The van der Waals surface area contributed by atoms with Crippen molar-refractivity contribution in [1.82, 2.24) is 9.47 Å². The molecule has 1 amide bonds. The Labute approximate surface area is 130 Å². The summed E-state index contributed by atoms with van der Waals surface area (Å²) in [6.45, 7) is 3.55. The van der Waals surface area contributed by atoms with Gasteiger partial charge in [-0.1, -0.05) is 18.2 Å². The number of carbonyl (C=O) groups is 2. The highest BCUT2D eigenvalue weighted by molar-refractivity contribution is 5.93. The zero-order valence-electron chi connectivity index (χ0n) is 13.3. The van der Waals surface area contributed by atoms with E-state index in [1.165, 1.54) is 4.90 Å². The molecule has 2 rings (SSSR count). The van der Waals surface area contributed by atoms with Gasteiger partial charge in [0.15, 0.2) is 6.61 Å². The third-order valence-corrected chi connectivity index (χ3v) is 3.49. The van der Waals surface area contributed by atoms with Crippen molar-refractivity contribution in [3.05, 3.63) is 53.3 Å². The maximum atomic E-state index is 12.2. The number of aryl methyl sites for hydroxylation is 1. The van der Waals surface area contributed by atoms with Crippen LogP contribution in [0.3, 0.4) is 0 Å². The van der Waals surface area contributed by atoms with E-state index >= 15 is 0 Å². The molecule has 0 aliphatic rings. The molecule has 0 atom stereocenters. The first kappa shape index (κ1) is 15.8. The number of carbonyl (C=O) groups excluding carboxylic acids is 2. The first-order chi connectivity index (χ1) is 10.4. The molecule has 0 saturated carbocycles. The second-order valence-corrected chi connectivity index (χ2v) is 5.32. The monoisotopic (exact) mass is 300 g/mol. The Morgan fingerprint density at radius 3 is 2.36 bits per heavy atom. The van der Waals surface area contributed by atoms with E-state index in [0.29, 0.717) is 5.56 Å². The molecule has 0 unspecified atom stereocenters. The third-order valence-electron chi connectivity index (χ3n) is 3.49. The van der Waals surface area contributed by atoms with Gasteiger partial charge in [0.1, 0.15) is 0 Å². The van der Waals surface area contributed by atoms with Gasteiger partial charge in [-0.3, -0.25) is 4.79 Å². The smallest absolute Gasteiger partial charge is 0.340 e. The van der Waals surface area contributed by atoms with Gasteiger partial charge in [0.25, 0.3) is 5.91 Å². The van der Waals surface area contributed by atoms with Crippen LogP contribution in [0.5, 0.6) is 0 Å². The Morgan fingerprint density at radius 2 is 1.77 bits per heavy atom. The summed E-state index contributed by atoms with van der Waals surface area (Å²) in [7, 11) is 3.24. The van der Waals surface area contributed by atoms with Crippen LogP contribution in [-0.2, 0) is 9.53 Å². The molecule has 22 heavy (non-hydrogen) atoms. The van der Waals surface area contributed by atoms with Gasteiger partial charge >= 0.3 is 5.97 Å². The van der Waals surface area contributed by atoms with Crippen LogP contribution >= 0.6 is 0 Å². The fraction of sp³-hybridized carbons (Fsp3) is 0.294. The molecule has 0 aliphatic heterocycles. The predicted octanol–water partition coefficient (Wildman–Crippen LogP) is 2.34. The number of hydrogen-bond donors (Lipinski definition) is 0. The zero-order valence-corrected chi connectivity index (χ0v) is 13.3. The van der Waals surface area contributed by atoms with Crippen molar-refractivity contribution in [2.75, 3.05) is 20.7 Å². The summed E-state index contributed by atoms with van der Waals surface area (Å²) in [5.74, 6) is -0.726. The van der Waals surface area contributed by atoms with E-state index in [-0.39, 0.29) is 12.5 Å². The normalized spacial score (nSPS) is 10.4. The maximum Gasteiger partial charge on any atom is 0.340 e.